The van der Waals surface area contributed by atoms with Crippen molar-refractivity contribution in [3.05, 3.63) is 59.1 Å². The number of oxazole rings is 1. The van der Waals surface area contributed by atoms with E-state index in [1.807, 2.05) is 48.2 Å². The van der Waals surface area contributed by atoms with Gasteiger partial charge in [0.15, 0.2) is 5.58 Å². The number of rotatable bonds is 7. The number of benzene rings is 2. The molecule has 30 heavy (non-hydrogen) atoms. The molecule has 1 saturated heterocycles. The molecule has 1 aromatic heterocycles. The highest BCUT2D eigenvalue weighted by Crippen LogP contribution is 2.28. The third kappa shape index (κ3) is 4.20. The monoisotopic (exact) mass is 409 g/mol. The van der Waals surface area contributed by atoms with Crippen LogP contribution in [0, 0.1) is 0 Å². The number of amides is 1. The first-order valence-corrected chi connectivity index (χ1v) is 10.5. The number of hydrogen-bond donors (Lipinski definition) is 0. The van der Waals surface area contributed by atoms with Crippen molar-refractivity contribution in [3.8, 4) is 5.75 Å². The molecule has 7 nitrogen and oxygen atoms in total. The molecule has 0 radical (unpaired) electrons. The van der Waals surface area contributed by atoms with E-state index in [2.05, 4.69) is 11.0 Å². The summed E-state index contributed by atoms with van der Waals surface area (Å²) in [6.45, 7) is 6.02. The minimum atomic E-state index is -0.370. The molecule has 1 fully saturated rings. The Bertz CT molecular complexity index is 1060. The van der Waals surface area contributed by atoms with Crippen molar-refractivity contribution in [1.29, 1.82) is 0 Å². The lowest BCUT2D eigenvalue weighted by atomic mass is 10.2. The maximum Gasteiger partial charge on any atom is 0.419 e. The summed E-state index contributed by atoms with van der Waals surface area (Å²) in [6, 6.07) is 15.4. The molecule has 0 unspecified atom stereocenters. The summed E-state index contributed by atoms with van der Waals surface area (Å²) >= 11 is 0. The van der Waals surface area contributed by atoms with Gasteiger partial charge in [-0.05, 0) is 37.6 Å². The van der Waals surface area contributed by atoms with Crippen LogP contribution in [-0.4, -0.2) is 48.2 Å². The Morgan fingerprint density at radius 2 is 1.77 bits per heavy atom. The quantitative estimate of drug-likeness (QED) is 0.600. The molecule has 1 aliphatic rings. The average Bonchev–Trinajstić information content (AvgIpc) is 3.09. The third-order valence-corrected chi connectivity index (χ3v) is 5.48. The Kier molecular flexibility index (Phi) is 6.07. The first-order chi connectivity index (χ1) is 14.7. The molecule has 7 heteroatoms. The zero-order chi connectivity index (χ0) is 20.9. The topological polar surface area (TPSA) is 67.9 Å². The van der Waals surface area contributed by atoms with Gasteiger partial charge in [-0.3, -0.25) is 9.36 Å². The lowest BCUT2D eigenvalue weighted by Crippen LogP contribution is -2.48. The van der Waals surface area contributed by atoms with Gasteiger partial charge in [-0.15, -0.1) is 0 Å². The first-order valence-electron chi connectivity index (χ1n) is 10.5. The minimum Gasteiger partial charge on any atom is -0.492 e. The van der Waals surface area contributed by atoms with Crippen LogP contribution < -0.4 is 15.4 Å². The van der Waals surface area contributed by atoms with Crippen molar-refractivity contribution in [3.63, 3.8) is 0 Å². The highest BCUT2D eigenvalue weighted by molar-refractivity contribution is 5.76. The van der Waals surface area contributed by atoms with Crippen molar-refractivity contribution < 1.29 is 13.9 Å². The van der Waals surface area contributed by atoms with Crippen LogP contribution in [0.1, 0.15) is 19.8 Å². The van der Waals surface area contributed by atoms with Gasteiger partial charge in [-0.2, -0.15) is 0 Å². The van der Waals surface area contributed by atoms with Crippen molar-refractivity contribution in [2.45, 2.75) is 26.3 Å². The second-order valence-corrected chi connectivity index (χ2v) is 7.36. The summed E-state index contributed by atoms with van der Waals surface area (Å²) in [5.41, 5.74) is 2.44. The number of ether oxygens (including phenoxy) is 1. The molecular weight excluding hydrogens is 382 g/mol. The number of aryl methyl sites for hydroxylation is 1. The summed E-state index contributed by atoms with van der Waals surface area (Å²) in [4.78, 5) is 28.9. The van der Waals surface area contributed by atoms with Crippen LogP contribution in [0.3, 0.4) is 0 Å². The van der Waals surface area contributed by atoms with E-state index in [0.717, 1.165) is 30.0 Å². The zero-order valence-electron chi connectivity index (χ0n) is 17.3. The van der Waals surface area contributed by atoms with E-state index in [4.69, 9.17) is 9.15 Å². The van der Waals surface area contributed by atoms with Crippen molar-refractivity contribution in [1.82, 2.24) is 9.47 Å². The fraction of sp³-hybridized carbons (Fsp3) is 0.391. The molecule has 0 saturated carbocycles. The van der Waals surface area contributed by atoms with E-state index in [1.165, 1.54) is 0 Å². The molecule has 0 N–H and O–H groups in total. The Labute approximate surface area is 175 Å². The van der Waals surface area contributed by atoms with Crippen LogP contribution in [0.5, 0.6) is 5.75 Å². The van der Waals surface area contributed by atoms with Gasteiger partial charge in [0, 0.05) is 39.1 Å². The molecule has 0 spiro atoms. The second-order valence-electron chi connectivity index (χ2n) is 7.36. The maximum absolute atomic E-state index is 12.7. The van der Waals surface area contributed by atoms with Crippen molar-refractivity contribution in [2.75, 3.05) is 37.7 Å². The van der Waals surface area contributed by atoms with Gasteiger partial charge >= 0.3 is 5.76 Å². The van der Waals surface area contributed by atoms with E-state index in [0.29, 0.717) is 44.7 Å². The molecule has 1 amide bonds. The highest BCUT2D eigenvalue weighted by atomic mass is 16.5. The number of anilines is 1. The van der Waals surface area contributed by atoms with Crippen LogP contribution in [-0.2, 0) is 11.3 Å². The summed E-state index contributed by atoms with van der Waals surface area (Å²) < 4.78 is 12.6. The van der Waals surface area contributed by atoms with E-state index in [9.17, 15) is 9.59 Å². The SMILES string of the molecule is CCOc1ccccc1N1CCN(C(=O)CCCn2c(=O)oc3ccccc32)CC1. The third-order valence-electron chi connectivity index (χ3n) is 5.48. The molecule has 2 heterocycles. The van der Waals surface area contributed by atoms with Crippen LogP contribution in [0.2, 0.25) is 0 Å². The average molecular weight is 409 g/mol. The molecule has 0 aliphatic carbocycles. The first kappa shape index (κ1) is 20.1. The van der Waals surface area contributed by atoms with Gasteiger partial charge < -0.3 is 19.0 Å². The minimum absolute atomic E-state index is 0.133. The summed E-state index contributed by atoms with van der Waals surface area (Å²) in [5, 5.41) is 0. The number of carbonyl (C=O) groups is 1. The van der Waals surface area contributed by atoms with Crippen molar-refractivity contribution in [2.24, 2.45) is 0 Å². The molecule has 2 aromatic carbocycles. The van der Waals surface area contributed by atoms with Gasteiger partial charge in [0.05, 0.1) is 17.8 Å². The standard InChI is InChI=1S/C23H27N3O4/c1-2-29-20-10-5-3-8-18(20)24-14-16-25(17-15-24)22(27)12-7-13-26-19-9-4-6-11-21(19)30-23(26)28/h3-6,8-11H,2,7,12-17H2,1H3. The smallest absolute Gasteiger partial charge is 0.419 e. The Balaban J connectivity index is 1.30. The lowest BCUT2D eigenvalue weighted by Gasteiger charge is -2.36. The van der Waals surface area contributed by atoms with Crippen molar-refractivity contribution >= 4 is 22.7 Å². The molecule has 158 valence electrons. The summed E-state index contributed by atoms with van der Waals surface area (Å²) in [7, 11) is 0. The van der Waals surface area contributed by atoms with E-state index in [-0.39, 0.29) is 11.7 Å². The number of nitrogens with zero attached hydrogens (tertiary/aromatic N) is 3. The Morgan fingerprint density at radius 3 is 2.57 bits per heavy atom. The predicted octanol–water partition coefficient (Wildman–Crippen LogP) is 3.12. The predicted molar refractivity (Wildman–Crippen MR) is 116 cm³/mol. The molecule has 0 atom stereocenters. The largest absolute Gasteiger partial charge is 0.492 e. The second kappa shape index (κ2) is 9.07. The molecule has 0 bridgehead atoms. The number of hydrogen-bond acceptors (Lipinski definition) is 5. The molecule has 3 aromatic rings. The van der Waals surface area contributed by atoms with Crippen LogP contribution >= 0.6 is 0 Å². The van der Waals surface area contributed by atoms with Crippen LogP contribution in [0.25, 0.3) is 11.1 Å². The summed E-state index contributed by atoms with van der Waals surface area (Å²) in [5.74, 6) is 0.649. The van der Waals surface area contributed by atoms with E-state index < -0.39 is 0 Å². The van der Waals surface area contributed by atoms with Crippen LogP contribution in [0.15, 0.2) is 57.7 Å². The number of carbonyl (C=O) groups excluding carboxylic acids is 1. The maximum atomic E-state index is 12.7. The van der Waals surface area contributed by atoms with Crippen LogP contribution in [0.4, 0.5) is 5.69 Å². The van der Waals surface area contributed by atoms with Gasteiger partial charge in [0.25, 0.3) is 0 Å². The van der Waals surface area contributed by atoms with Gasteiger partial charge in [0.2, 0.25) is 5.91 Å². The van der Waals surface area contributed by atoms with E-state index >= 15 is 0 Å². The van der Waals surface area contributed by atoms with Gasteiger partial charge in [0.1, 0.15) is 5.75 Å². The van der Waals surface area contributed by atoms with E-state index in [1.54, 1.807) is 10.6 Å². The molecule has 1 aliphatic heterocycles. The zero-order valence-corrected chi connectivity index (χ0v) is 17.3. The lowest BCUT2D eigenvalue weighted by molar-refractivity contribution is -0.131. The Hall–Kier alpha value is -3.22. The normalized spacial score (nSPS) is 14.3. The molecular formula is C23H27N3O4. The number of piperazine rings is 1. The number of para-hydroxylation sites is 4. The highest BCUT2D eigenvalue weighted by Gasteiger charge is 2.22. The van der Waals surface area contributed by atoms with Gasteiger partial charge in [-0.25, -0.2) is 4.79 Å². The fourth-order valence-electron chi connectivity index (χ4n) is 3.96. The summed E-state index contributed by atoms with van der Waals surface area (Å²) in [6.07, 6.45) is 1.02. The van der Waals surface area contributed by atoms with Gasteiger partial charge in [-0.1, -0.05) is 24.3 Å². The Morgan fingerprint density at radius 1 is 1.03 bits per heavy atom. The fourth-order valence-corrected chi connectivity index (χ4v) is 3.96. The molecule has 4 rings (SSSR count). The number of aromatic nitrogens is 1. The number of fused-ring (bicyclic) bond motifs is 1.